The average molecular weight is 304 g/mol. The Bertz CT molecular complexity index is 411. The van der Waals surface area contributed by atoms with Gasteiger partial charge in [0.1, 0.15) is 0 Å². The molecule has 0 saturated carbocycles. The molecule has 0 radical (unpaired) electrons. The van der Waals surface area contributed by atoms with E-state index in [1.165, 1.54) is 0 Å². The van der Waals surface area contributed by atoms with E-state index in [2.05, 4.69) is 0 Å². The highest BCUT2D eigenvalue weighted by Gasteiger charge is 2.38. The molecule has 3 nitrogen and oxygen atoms in total. The van der Waals surface area contributed by atoms with Crippen LogP contribution in [0.3, 0.4) is 0 Å². The molecule has 0 aromatic heterocycles. The van der Waals surface area contributed by atoms with E-state index >= 15 is 0 Å². The van der Waals surface area contributed by atoms with Crippen LogP contribution in [-0.4, -0.2) is 23.8 Å². The maximum absolute atomic E-state index is 10.6. The molecule has 0 saturated heterocycles. The van der Waals surface area contributed by atoms with Crippen LogP contribution in [0.4, 0.5) is 13.2 Å². The number of carboxylic acid groups (broad SMARTS) is 1. The van der Waals surface area contributed by atoms with Crippen LogP contribution in [0.25, 0.3) is 0 Å². The molecule has 8 heteroatoms. The number of benzene rings is 1. The predicted octanol–water partition coefficient (Wildman–Crippen LogP) is 3.13. The van der Waals surface area contributed by atoms with E-state index in [0.29, 0.717) is 16.6 Å². The molecule has 1 aromatic carbocycles. The summed E-state index contributed by atoms with van der Waals surface area (Å²) >= 11 is 11.6. The van der Waals surface area contributed by atoms with Crippen molar-refractivity contribution in [2.24, 2.45) is 5.73 Å². The fraction of sp³-hybridized carbons (Fsp3) is 0.300. The maximum atomic E-state index is 10.6. The predicted molar refractivity (Wildman–Crippen MR) is 62.9 cm³/mol. The minimum atomic E-state index is -5.08. The summed E-state index contributed by atoms with van der Waals surface area (Å²) in [6.07, 6.45) is -4.28. The minimum absolute atomic E-state index is 0.612. The van der Waals surface area contributed by atoms with Gasteiger partial charge in [0.2, 0.25) is 0 Å². The van der Waals surface area contributed by atoms with E-state index in [1.807, 2.05) is 12.1 Å². The Morgan fingerprint density at radius 1 is 1.33 bits per heavy atom. The number of carboxylic acids is 1. The third-order valence-corrected chi connectivity index (χ3v) is 2.26. The molecule has 0 heterocycles. The van der Waals surface area contributed by atoms with Gasteiger partial charge in [-0.25, -0.2) is 4.79 Å². The van der Waals surface area contributed by atoms with Crippen molar-refractivity contribution < 1.29 is 23.1 Å². The fourth-order valence-corrected chi connectivity index (χ4v) is 1.38. The smallest absolute Gasteiger partial charge is 0.475 e. The van der Waals surface area contributed by atoms with Crippen molar-refractivity contribution in [3.8, 4) is 0 Å². The molecule has 0 atom stereocenters. The van der Waals surface area contributed by atoms with E-state index in [-0.39, 0.29) is 0 Å². The standard InChI is InChI=1S/C8H9Cl2N.C2HF3O2/c9-7-2-1-6(3-4-11)8(10)5-7;3-2(4,5)1(6)7/h1-2,5H,3-4,11H2;(H,6,7). The summed E-state index contributed by atoms with van der Waals surface area (Å²) in [5.41, 5.74) is 6.43. The van der Waals surface area contributed by atoms with E-state index < -0.39 is 12.1 Å². The van der Waals surface area contributed by atoms with Crippen LogP contribution in [0.2, 0.25) is 10.0 Å². The van der Waals surface area contributed by atoms with Gasteiger partial charge in [0.15, 0.2) is 0 Å². The van der Waals surface area contributed by atoms with Gasteiger partial charge in [0.25, 0.3) is 0 Å². The summed E-state index contributed by atoms with van der Waals surface area (Å²) in [4.78, 5) is 8.90. The highest BCUT2D eigenvalue weighted by molar-refractivity contribution is 6.35. The van der Waals surface area contributed by atoms with Crippen LogP contribution in [0.15, 0.2) is 18.2 Å². The molecule has 0 fully saturated rings. The first kappa shape index (κ1) is 17.0. The zero-order chi connectivity index (χ0) is 14.3. The van der Waals surface area contributed by atoms with Crippen LogP contribution in [-0.2, 0) is 11.2 Å². The molecular weight excluding hydrogens is 294 g/mol. The lowest BCUT2D eigenvalue weighted by molar-refractivity contribution is -0.192. The Hall–Kier alpha value is -0.980. The van der Waals surface area contributed by atoms with Crippen LogP contribution >= 0.6 is 23.2 Å². The van der Waals surface area contributed by atoms with Crippen molar-refractivity contribution >= 4 is 29.2 Å². The minimum Gasteiger partial charge on any atom is -0.475 e. The molecule has 0 unspecified atom stereocenters. The Labute approximate surface area is 111 Å². The number of rotatable bonds is 2. The van der Waals surface area contributed by atoms with Crippen molar-refractivity contribution in [1.29, 1.82) is 0 Å². The van der Waals surface area contributed by atoms with Crippen molar-refractivity contribution in [2.45, 2.75) is 12.6 Å². The number of aliphatic carboxylic acids is 1. The van der Waals surface area contributed by atoms with E-state index in [1.54, 1.807) is 6.07 Å². The number of hydrogen-bond donors (Lipinski definition) is 2. The van der Waals surface area contributed by atoms with E-state index in [4.69, 9.17) is 38.8 Å². The Morgan fingerprint density at radius 3 is 2.17 bits per heavy atom. The lowest BCUT2D eigenvalue weighted by Crippen LogP contribution is -2.21. The van der Waals surface area contributed by atoms with Crippen molar-refractivity contribution in [1.82, 2.24) is 0 Å². The third kappa shape index (κ3) is 6.68. The van der Waals surface area contributed by atoms with Gasteiger partial charge >= 0.3 is 12.1 Å². The van der Waals surface area contributed by atoms with Crippen molar-refractivity contribution in [3.63, 3.8) is 0 Å². The van der Waals surface area contributed by atoms with Gasteiger partial charge in [0, 0.05) is 10.0 Å². The number of hydrogen-bond acceptors (Lipinski definition) is 2. The molecule has 0 aliphatic heterocycles. The Kier molecular flexibility index (Phi) is 7.05. The summed E-state index contributed by atoms with van der Waals surface area (Å²) in [5, 5.41) is 8.48. The first-order valence-electron chi connectivity index (χ1n) is 4.62. The molecule has 0 amide bonds. The van der Waals surface area contributed by atoms with Crippen molar-refractivity contribution in [3.05, 3.63) is 33.8 Å². The highest BCUT2D eigenvalue weighted by atomic mass is 35.5. The first-order chi connectivity index (χ1) is 8.18. The molecule has 0 bridgehead atoms. The fourth-order valence-electron chi connectivity index (χ4n) is 0.880. The van der Waals surface area contributed by atoms with Crippen LogP contribution in [0, 0.1) is 0 Å². The van der Waals surface area contributed by atoms with Crippen molar-refractivity contribution in [2.75, 3.05) is 6.54 Å². The SMILES string of the molecule is NCCc1ccc(Cl)cc1Cl.O=C(O)C(F)(F)F. The van der Waals surface area contributed by atoms with Gasteiger partial charge in [-0.2, -0.15) is 13.2 Å². The second-order valence-corrected chi connectivity index (χ2v) is 3.92. The third-order valence-electron chi connectivity index (χ3n) is 1.67. The monoisotopic (exact) mass is 303 g/mol. The van der Waals surface area contributed by atoms with Gasteiger partial charge in [-0.05, 0) is 30.7 Å². The molecule has 18 heavy (non-hydrogen) atoms. The van der Waals surface area contributed by atoms with Gasteiger partial charge in [0.05, 0.1) is 0 Å². The second-order valence-electron chi connectivity index (χ2n) is 3.08. The molecule has 0 aliphatic carbocycles. The molecule has 3 N–H and O–H groups in total. The highest BCUT2D eigenvalue weighted by Crippen LogP contribution is 2.20. The Balaban J connectivity index is 0.000000360. The summed E-state index contributed by atoms with van der Waals surface area (Å²) in [5.74, 6) is -2.76. The molecule has 0 aliphatic rings. The van der Waals surface area contributed by atoms with E-state index in [9.17, 15) is 13.2 Å². The first-order valence-corrected chi connectivity index (χ1v) is 5.38. The molecule has 1 aromatic rings. The van der Waals surface area contributed by atoms with E-state index in [0.717, 1.165) is 12.0 Å². The quantitative estimate of drug-likeness (QED) is 0.882. The van der Waals surface area contributed by atoms with Gasteiger partial charge in [-0.1, -0.05) is 29.3 Å². The lowest BCUT2D eigenvalue weighted by atomic mass is 10.1. The topological polar surface area (TPSA) is 63.3 Å². The zero-order valence-corrected chi connectivity index (χ0v) is 10.5. The summed E-state index contributed by atoms with van der Waals surface area (Å²) < 4.78 is 31.7. The molecule has 0 spiro atoms. The zero-order valence-electron chi connectivity index (χ0n) is 8.97. The van der Waals surface area contributed by atoms with Crippen LogP contribution < -0.4 is 5.73 Å². The number of halogens is 5. The number of alkyl halides is 3. The molecule has 102 valence electrons. The summed E-state index contributed by atoms with van der Waals surface area (Å²) in [6, 6.07) is 5.45. The second kappa shape index (κ2) is 7.45. The van der Waals surface area contributed by atoms with Gasteiger partial charge < -0.3 is 10.8 Å². The average Bonchev–Trinajstić information content (AvgIpc) is 2.22. The Morgan fingerprint density at radius 2 is 1.83 bits per heavy atom. The number of carbonyl (C=O) groups is 1. The van der Waals surface area contributed by atoms with Crippen LogP contribution in [0.1, 0.15) is 5.56 Å². The summed E-state index contributed by atoms with van der Waals surface area (Å²) in [7, 11) is 0. The normalized spacial score (nSPS) is 10.6. The molecule has 1 rings (SSSR count). The van der Waals surface area contributed by atoms with Gasteiger partial charge in [-0.15, -0.1) is 0 Å². The molecular formula is C10H10Cl2F3NO2. The maximum Gasteiger partial charge on any atom is 0.490 e. The summed E-state index contributed by atoms with van der Waals surface area (Å²) in [6.45, 7) is 0.612. The van der Waals surface area contributed by atoms with Crippen LogP contribution in [0.5, 0.6) is 0 Å². The number of nitrogens with two attached hydrogens (primary N) is 1. The largest absolute Gasteiger partial charge is 0.490 e. The lowest BCUT2D eigenvalue weighted by Gasteiger charge is -2.01. The van der Waals surface area contributed by atoms with Gasteiger partial charge in [-0.3, -0.25) is 0 Å².